The number of Topliss-reactive ketones (excluding diaryl/α,β-unsaturated/α-hetero) is 1. The van der Waals surface area contributed by atoms with E-state index in [2.05, 4.69) is 0 Å². The summed E-state index contributed by atoms with van der Waals surface area (Å²) in [7, 11) is 0. The molecule has 1 N–H and O–H groups in total. The summed E-state index contributed by atoms with van der Waals surface area (Å²) in [6.07, 6.45) is 0.120. The maximum absolute atomic E-state index is 12.6. The van der Waals surface area contributed by atoms with Crippen LogP contribution < -0.4 is 9.47 Å². The van der Waals surface area contributed by atoms with Crippen LogP contribution in [0.1, 0.15) is 47.7 Å². The van der Waals surface area contributed by atoms with E-state index in [9.17, 15) is 14.7 Å². The van der Waals surface area contributed by atoms with Crippen LogP contribution in [0, 0.1) is 0 Å². The molecule has 5 heteroatoms. The summed E-state index contributed by atoms with van der Waals surface area (Å²) in [5, 5.41) is 9.80. The third-order valence-corrected chi connectivity index (χ3v) is 4.48. The van der Waals surface area contributed by atoms with Gasteiger partial charge in [0.15, 0.2) is 5.76 Å². The topological polar surface area (TPSA) is 72.8 Å². The molecule has 2 heterocycles. The third-order valence-electron chi connectivity index (χ3n) is 4.48. The molecule has 0 amide bonds. The van der Waals surface area contributed by atoms with E-state index in [-0.39, 0.29) is 29.8 Å². The second-order valence-electron chi connectivity index (χ2n) is 6.44. The van der Waals surface area contributed by atoms with Crippen LogP contribution in [-0.2, 0) is 4.79 Å². The van der Waals surface area contributed by atoms with Crippen LogP contribution in [0.2, 0.25) is 0 Å². The Bertz CT molecular complexity index is 951. The Labute approximate surface area is 144 Å². The zero-order chi connectivity index (χ0) is 17.7. The van der Waals surface area contributed by atoms with Gasteiger partial charge in [0.05, 0.1) is 12.0 Å². The molecular formula is C20H16O5. The highest BCUT2D eigenvalue weighted by Gasteiger charge is 2.38. The molecule has 4 rings (SSSR count). The van der Waals surface area contributed by atoms with E-state index < -0.39 is 0 Å². The first kappa shape index (κ1) is 15.4. The number of hydrogen-bond donors (Lipinski definition) is 1. The second kappa shape index (κ2) is 5.48. The molecule has 0 bridgehead atoms. The summed E-state index contributed by atoms with van der Waals surface area (Å²) in [5.74, 6) is 0.410. The Kier molecular flexibility index (Phi) is 3.39. The lowest BCUT2D eigenvalue weighted by Crippen LogP contribution is -2.21. The number of hydrogen-bond acceptors (Lipinski definition) is 5. The number of ether oxygens (including phenoxy) is 2. The molecule has 0 fully saturated rings. The Morgan fingerprint density at radius 1 is 1.12 bits per heavy atom. The summed E-state index contributed by atoms with van der Waals surface area (Å²) >= 11 is 0. The molecule has 0 aromatic heterocycles. The molecule has 0 radical (unpaired) electrons. The average Bonchev–Trinajstić information content (AvgIpc) is 2.91. The van der Waals surface area contributed by atoms with Crippen LogP contribution in [0.3, 0.4) is 0 Å². The molecular weight excluding hydrogens is 320 g/mol. The van der Waals surface area contributed by atoms with E-state index in [0.717, 1.165) is 11.1 Å². The van der Waals surface area contributed by atoms with Crippen LogP contribution in [0.25, 0.3) is 0 Å². The lowest BCUT2D eigenvalue weighted by molar-refractivity contribution is -0.135. The minimum absolute atomic E-state index is 0.118. The van der Waals surface area contributed by atoms with Gasteiger partial charge in [0.25, 0.3) is 0 Å². The van der Waals surface area contributed by atoms with Gasteiger partial charge in [-0.15, -0.1) is 0 Å². The van der Waals surface area contributed by atoms with Crippen LogP contribution in [0.5, 0.6) is 17.2 Å². The second-order valence-corrected chi connectivity index (χ2v) is 6.44. The monoisotopic (exact) mass is 336 g/mol. The summed E-state index contributed by atoms with van der Waals surface area (Å²) in [4.78, 5) is 24.6. The quantitative estimate of drug-likeness (QED) is 0.488. The van der Waals surface area contributed by atoms with Crippen LogP contribution in [0.15, 0.2) is 47.7 Å². The van der Waals surface area contributed by atoms with Gasteiger partial charge in [0.1, 0.15) is 17.2 Å². The third kappa shape index (κ3) is 2.39. The van der Waals surface area contributed by atoms with Crippen molar-refractivity contribution >= 4 is 11.8 Å². The number of fused-ring (bicyclic) bond motifs is 3. The van der Waals surface area contributed by atoms with E-state index in [1.54, 1.807) is 30.3 Å². The number of esters is 1. The Hall–Kier alpha value is -3.08. The van der Waals surface area contributed by atoms with Crippen molar-refractivity contribution in [3.8, 4) is 17.2 Å². The van der Waals surface area contributed by atoms with Crippen molar-refractivity contribution < 1.29 is 24.2 Å². The summed E-state index contributed by atoms with van der Waals surface area (Å²) in [6.45, 7) is 3.64. The van der Waals surface area contributed by atoms with Gasteiger partial charge >= 0.3 is 5.97 Å². The molecule has 2 aliphatic rings. The lowest BCUT2D eigenvalue weighted by Gasteiger charge is -2.26. The zero-order valence-electron chi connectivity index (χ0n) is 13.8. The minimum Gasteiger partial charge on any atom is -0.508 e. The molecule has 2 aromatic rings. The molecule has 1 atom stereocenters. The number of ketones is 1. The predicted octanol–water partition coefficient (Wildman–Crippen LogP) is 3.70. The number of phenolic OH excluding ortho intramolecular Hbond substituents is 1. The van der Waals surface area contributed by atoms with Gasteiger partial charge in [-0.3, -0.25) is 9.59 Å². The van der Waals surface area contributed by atoms with Crippen molar-refractivity contribution in [2.75, 3.05) is 0 Å². The standard InChI is InChI=1S/C20H16O5/c1-10(2)19-18(23)13-6-7-15-17(20(13)25-19)14(9-16(22)24-15)11-4-3-5-12(21)8-11/h3-8,14,21H,9H2,1-2H3/t14-/m0/s1. The summed E-state index contributed by atoms with van der Waals surface area (Å²) in [5.41, 5.74) is 2.70. The van der Waals surface area contributed by atoms with Crippen molar-refractivity contribution in [1.82, 2.24) is 0 Å². The van der Waals surface area contributed by atoms with Gasteiger partial charge in [-0.2, -0.15) is 0 Å². The molecule has 2 aromatic carbocycles. The normalized spacial score (nSPS) is 18.3. The summed E-state index contributed by atoms with van der Waals surface area (Å²) < 4.78 is 11.2. The predicted molar refractivity (Wildman–Crippen MR) is 90.0 cm³/mol. The maximum atomic E-state index is 12.6. The fraction of sp³-hybridized carbons (Fsp3) is 0.200. The van der Waals surface area contributed by atoms with E-state index >= 15 is 0 Å². The smallest absolute Gasteiger partial charge is 0.312 e. The van der Waals surface area contributed by atoms with Gasteiger partial charge in [-0.1, -0.05) is 12.1 Å². The van der Waals surface area contributed by atoms with E-state index in [4.69, 9.17) is 9.47 Å². The first-order chi connectivity index (χ1) is 12.0. The van der Waals surface area contributed by atoms with Crippen LogP contribution in [-0.4, -0.2) is 16.9 Å². The first-order valence-electron chi connectivity index (χ1n) is 8.02. The van der Waals surface area contributed by atoms with Gasteiger partial charge in [0, 0.05) is 11.5 Å². The van der Waals surface area contributed by atoms with Gasteiger partial charge in [-0.05, 0) is 49.2 Å². The molecule has 0 unspecified atom stereocenters. The SMILES string of the molecule is CC(C)=C1Oc2c(ccc3c2[C@H](c2cccc(O)c2)CC(=O)O3)C1=O. The highest BCUT2D eigenvalue weighted by atomic mass is 16.5. The number of benzene rings is 2. The lowest BCUT2D eigenvalue weighted by atomic mass is 9.84. The van der Waals surface area contributed by atoms with Gasteiger partial charge < -0.3 is 14.6 Å². The molecule has 5 nitrogen and oxygen atoms in total. The van der Waals surface area contributed by atoms with E-state index in [1.807, 2.05) is 19.9 Å². The fourth-order valence-electron chi connectivity index (χ4n) is 3.35. The maximum Gasteiger partial charge on any atom is 0.312 e. The Balaban J connectivity index is 1.93. The fourth-order valence-corrected chi connectivity index (χ4v) is 3.35. The number of carbonyl (C=O) groups excluding carboxylic acids is 2. The van der Waals surface area contributed by atoms with Gasteiger partial charge in [0.2, 0.25) is 5.78 Å². The minimum atomic E-state index is -0.354. The van der Waals surface area contributed by atoms with E-state index in [0.29, 0.717) is 28.4 Å². The molecule has 2 aliphatic heterocycles. The number of aromatic hydroxyl groups is 1. The number of phenols is 1. The Morgan fingerprint density at radius 3 is 2.64 bits per heavy atom. The van der Waals surface area contributed by atoms with Crippen molar-refractivity contribution in [3.63, 3.8) is 0 Å². The zero-order valence-corrected chi connectivity index (χ0v) is 13.8. The van der Waals surface area contributed by atoms with Crippen molar-refractivity contribution in [3.05, 3.63) is 64.4 Å². The molecule has 0 saturated heterocycles. The van der Waals surface area contributed by atoms with Crippen molar-refractivity contribution in [1.29, 1.82) is 0 Å². The van der Waals surface area contributed by atoms with E-state index in [1.165, 1.54) is 0 Å². The number of allylic oxidation sites excluding steroid dienone is 2. The molecule has 126 valence electrons. The molecule has 0 saturated carbocycles. The van der Waals surface area contributed by atoms with Crippen LogP contribution >= 0.6 is 0 Å². The number of carbonyl (C=O) groups is 2. The largest absolute Gasteiger partial charge is 0.508 e. The van der Waals surface area contributed by atoms with Crippen molar-refractivity contribution in [2.24, 2.45) is 0 Å². The van der Waals surface area contributed by atoms with Gasteiger partial charge in [-0.25, -0.2) is 0 Å². The summed E-state index contributed by atoms with van der Waals surface area (Å²) in [6, 6.07) is 10.0. The first-order valence-corrected chi connectivity index (χ1v) is 8.02. The molecule has 0 aliphatic carbocycles. The average molecular weight is 336 g/mol. The number of rotatable bonds is 1. The highest BCUT2D eigenvalue weighted by molar-refractivity contribution is 6.13. The molecule has 0 spiro atoms. The van der Waals surface area contributed by atoms with Crippen molar-refractivity contribution in [2.45, 2.75) is 26.2 Å². The molecule has 25 heavy (non-hydrogen) atoms. The highest BCUT2D eigenvalue weighted by Crippen LogP contribution is 2.49. The van der Waals surface area contributed by atoms with Crippen LogP contribution in [0.4, 0.5) is 0 Å². The Morgan fingerprint density at radius 2 is 1.92 bits per heavy atom.